The summed E-state index contributed by atoms with van der Waals surface area (Å²) in [4.78, 5) is 3.98. The van der Waals surface area contributed by atoms with Gasteiger partial charge in [0.15, 0.2) is 0 Å². The Morgan fingerprint density at radius 2 is 2.28 bits per heavy atom. The molecule has 0 aliphatic heterocycles. The Hall–Kier alpha value is -1.88. The van der Waals surface area contributed by atoms with Gasteiger partial charge < -0.3 is 15.0 Å². The largest absolute Gasteiger partial charge is 0.487 e. The number of aryl methyl sites for hydroxylation is 1. The van der Waals surface area contributed by atoms with Gasteiger partial charge in [-0.1, -0.05) is 6.07 Å². The van der Waals surface area contributed by atoms with Crippen LogP contribution in [0.4, 0.5) is 4.39 Å². The molecule has 1 aromatic carbocycles. The molecule has 96 valence electrons. The van der Waals surface area contributed by atoms with Gasteiger partial charge in [-0.2, -0.15) is 0 Å². The molecule has 0 radical (unpaired) electrons. The minimum Gasteiger partial charge on any atom is -0.487 e. The molecule has 0 saturated heterocycles. The van der Waals surface area contributed by atoms with Crippen LogP contribution in [0, 0.1) is 5.82 Å². The second-order valence-corrected chi connectivity index (χ2v) is 4.26. The first-order chi connectivity index (χ1) is 8.58. The lowest BCUT2D eigenvalue weighted by molar-refractivity contribution is 0.295. The monoisotopic (exact) mass is 249 g/mol. The molecule has 18 heavy (non-hydrogen) atoms. The summed E-state index contributed by atoms with van der Waals surface area (Å²) < 4.78 is 21.0. The van der Waals surface area contributed by atoms with Crippen molar-refractivity contribution in [2.24, 2.45) is 12.8 Å². The average molecular weight is 249 g/mol. The van der Waals surface area contributed by atoms with Crippen LogP contribution in [0.25, 0.3) is 0 Å². The number of imidazole rings is 1. The van der Waals surface area contributed by atoms with Crippen LogP contribution in [0.15, 0.2) is 30.7 Å². The highest BCUT2D eigenvalue weighted by atomic mass is 19.1. The highest BCUT2D eigenvalue weighted by Crippen LogP contribution is 2.21. The second-order valence-electron chi connectivity index (χ2n) is 4.26. The predicted molar refractivity (Wildman–Crippen MR) is 66.5 cm³/mol. The number of nitrogens with two attached hydrogens (primary N) is 1. The predicted octanol–water partition coefficient (Wildman–Crippen LogP) is 2.16. The lowest BCUT2D eigenvalue weighted by Gasteiger charge is -2.10. The van der Waals surface area contributed by atoms with Gasteiger partial charge >= 0.3 is 0 Å². The van der Waals surface area contributed by atoms with Gasteiger partial charge in [0.25, 0.3) is 0 Å². The zero-order chi connectivity index (χ0) is 13.1. The minimum absolute atomic E-state index is 0.323. The lowest BCUT2D eigenvalue weighted by atomic mass is 10.1. The number of hydrogen-bond acceptors (Lipinski definition) is 3. The molecule has 1 atom stereocenters. The van der Waals surface area contributed by atoms with E-state index in [0.29, 0.717) is 17.9 Å². The van der Waals surface area contributed by atoms with E-state index >= 15 is 0 Å². The van der Waals surface area contributed by atoms with Crippen LogP contribution in [-0.4, -0.2) is 9.55 Å². The fraction of sp³-hybridized carbons (Fsp3) is 0.308. The molecule has 0 saturated carbocycles. The first-order valence-electron chi connectivity index (χ1n) is 5.71. The zero-order valence-electron chi connectivity index (χ0n) is 10.4. The molecule has 0 fully saturated rings. The van der Waals surface area contributed by atoms with E-state index in [1.54, 1.807) is 31.6 Å². The van der Waals surface area contributed by atoms with E-state index in [4.69, 9.17) is 10.5 Å². The molecule has 0 unspecified atom stereocenters. The number of benzene rings is 1. The van der Waals surface area contributed by atoms with Crippen LogP contribution >= 0.6 is 0 Å². The Labute approximate surface area is 105 Å². The molecule has 0 amide bonds. The Balaban J connectivity index is 2.07. The first-order valence-corrected chi connectivity index (χ1v) is 5.71. The summed E-state index contributed by atoms with van der Waals surface area (Å²) in [6.07, 6.45) is 3.41. The number of ether oxygens (including phenoxy) is 1. The average Bonchev–Trinajstić information content (AvgIpc) is 2.72. The molecule has 0 aliphatic rings. The number of aromatic nitrogens is 2. The molecule has 2 rings (SSSR count). The Bertz CT molecular complexity index is 537. The zero-order valence-corrected chi connectivity index (χ0v) is 10.4. The molecular weight excluding hydrogens is 233 g/mol. The van der Waals surface area contributed by atoms with E-state index < -0.39 is 0 Å². The highest BCUT2D eigenvalue weighted by Gasteiger charge is 2.08. The van der Waals surface area contributed by atoms with Gasteiger partial charge in [-0.05, 0) is 13.0 Å². The molecule has 1 heterocycles. The molecule has 1 aromatic heterocycles. The van der Waals surface area contributed by atoms with Crippen molar-refractivity contribution in [3.05, 3.63) is 47.8 Å². The Kier molecular flexibility index (Phi) is 3.62. The molecular formula is C13H16FN3O. The van der Waals surface area contributed by atoms with Crippen molar-refractivity contribution in [2.75, 3.05) is 0 Å². The topological polar surface area (TPSA) is 53.1 Å². The van der Waals surface area contributed by atoms with E-state index in [1.165, 1.54) is 6.07 Å². The number of hydrogen-bond donors (Lipinski definition) is 1. The van der Waals surface area contributed by atoms with Crippen LogP contribution in [0.2, 0.25) is 0 Å². The van der Waals surface area contributed by atoms with Crippen molar-refractivity contribution in [3.8, 4) is 5.75 Å². The summed E-state index contributed by atoms with van der Waals surface area (Å²) in [7, 11) is 1.88. The van der Waals surface area contributed by atoms with Crippen LogP contribution in [0.5, 0.6) is 5.75 Å². The van der Waals surface area contributed by atoms with E-state index in [0.717, 1.165) is 5.69 Å². The van der Waals surface area contributed by atoms with Crippen molar-refractivity contribution >= 4 is 0 Å². The molecule has 2 N–H and O–H groups in total. The number of nitrogens with zero attached hydrogens (tertiary/aromatic N) is 2. The van der Waals surface area contributed by atoms with Gasteiger partial charge in [0.05, 0.1) is 18.2 Å². The van der Waals surface area contributed by atoms with Crippen molar-refractivity contribution < 1.29 is 9.13 Å². The summed E-state index contributed by atoms with van der Waals surface area (Å²) in [6.45, 7) is 2.10. The molecule has 2 aromatic rings. The minimum atomic E-state index is -0.340. The van der Waals surface area contributed by atoms with Gasteiger partial charge in [0.1, 0.15) is 18.2 Å². The van der Waals surface area contributed by atoms with Gasteiger partial charge in [0.2, 0.25) is 0 Å². The van der Waals surface area contributed by atoms with Gasteiger partial charge in [-0.15, -0.1) is 0 Å². The summed E-state index contributed by atoms with van der Waals surface area (Å²) >= 11 is 0. The maximum absolute atomic E-state index is 13.7. The van der Waals surface area contributed by atoms with Crippen LogP contribution < -0.4 is 10.5 Å². The van der Waals surface area contributed by atoms with E-state index in [-0.39, 0.29) is 11.9 Å². The standard InChI is InChI=1S/C13H16FN3O/c1-9(15)12-4-3-11(5-13(12)14)18-7-10-6-16-8-17(10)2/h3-6,8-9H,7,15H2,1-2H3/t9-/m0/s1. The fourth-order valence-corrected chi connectivity index (χ4v) is 1.65. The third-order valence-corrected chi connectivity index (χ3v) is 2.77. The van der Waals surface area contributed by atoms with Crippen molar-refractivity contribution in [1.82, 2.24) is 9.55 Å². The maximum Gasteiger partial charge on any atom is 0.131 e. The van der Waals surface area contributed by atoms with Crippen molar-refractivity contribution in [1.29, 1.82) is 0 Å². The van der Waals surface area contributed by atoms with Crippen LogP contribution in [-0.2, 0) is 13.7 Å². The van der Waals surface area contributed by atoms with Crippen LogP contribution in [0.1, 0.15) is 24.2 Å². The van der Waals surface area contributed by atoms with Crippen LogP contribution in [0.3, 0.4) is 0 Å². The quantitative estimate of drug-likeness (QED) is 0.903. The molecule has 5 heteroatoms. The van der Waals surface area contributed by atoms with Crippen molar-refractivity contribution in [3.63, 3.8) is 0 Å². The maximum atomic E-state index is 13.7. The normalized spacial score (nSPS) is 12.4. The lowest BCUT2D eigenvalue weighted by Crippen LogP contribution is -2.07. The highest BCUT2D eigenvalue weighted by molar-refractivity contribution is 5.30. The molecule has 0 spiro atoms. The van der Waals surface area contributed by atoms with E-state index in [2.05, 4.69) is 4.98 Å². The summed E-state index contributed by atoms with van der Waals surface area (Å²) in [5.41, 5.74) is 7.05. The van der Waals surface area contributed by atoms with Crippen molar-refractivity contribution in [2.45, 2.75) is 19.6 Å². The summed E-state index contributed by atoms with van der Waals surface area (Å²) in [5.74, 6) is 0.144. The van der Waals surface area contributed by atoms with Gasteiger partial charge in [-0.25, -0.2) is 9.37 Å². The fourth-order valence-electron chi connectivity index (χ4n) is 1.65. The third-order valence-electron chi connectivity index (χ3n) is 2.77. The molecule has 0 bridgehead atoms. The number of rotatable bonds is 4. The Morgan fingerprint density at radius 3 is 2.83 bits per heavy atom. The number of halogens is 1. The Morgan fingerprint density at radius 1 is 1.50 bits per heavy atom. The van der Waals surface area contributed by atoms with E-state index in [1.807, 2.05) is 11.6 Å². The SMILES string of the molecule is C[C@H](N)c1ccc(OCc2cncn2C)cc1F. The summed E-state index contributed by atoms with van der Waals surface area (Å²) in [5, 5.41) is 0. The van der Waals surface area contributed by atoms with Gasteiger partial charge in [-0.3, -0.25) is 0 Å². The van der Waals surface area contributed by atoms with E-state index in [9.17, 15) is 4.39 Å². The first kappa shape index (κ1) is 12.6. The molecule has 0 aliphatic carbocycles. The smallest absolute Gasteiger partial charge is 0.131 e. The van der Waals surface area contributed by atoms with Gasteiger partial charge in [0, 0.05) is 24.7 Å². The molecule has 4 nitrogen and oxygen atoms in total. The second kappa shape index (κ2) is 5.18. The summed E-state index contributed by atoms with van der Waals surface area (Å²) in [6, 6.07) is 4.40. The third kappa shape index (κ3) is 2.68.